The second kappa shape index (κ2) is 8.53. The Bertz CT molecular complexity index is 1470. The van der Waals surface area contributed by atoms with Crippen LogP contribution in [0.1, 0.15) is 36.3 Å². The van der Waals surface area contributed by atoms with Crippen LogP contribution in [-0.2, 0) is 6.42 Å². The number of Topliss-reactive ketones (excluding diaryl/α,β-unsaturated/α-hetero) is 1. The summed E-state index contributed by atoms with van der Waals surface area (Å²) in [4.78, 5) is 31.9. The van der Waals surface area contributed by atoms with Crippen LogP contribution in [0.4, 0.5) is 0 Å². The summed E-state index contributed by atoms with van der Waals surface area (Å²) >= 11 is 7.40. The van der Waals surface area contributed by atoms with Crippen molar-refractivity contribution >= 4 is 28.7 Å². The Morgan fingerprint density at radius 3 is 2.50 bits per heavy atom. The van der Waals surface area contributed by atoms with Crippen molar-refractivity contribution in [3.05, 3.63) is 86.6 Å². The number of ether oxygens (including phenoxy) is 1. The molecule has 4 aromatic rings. The van der Waals surface area contributed by atoms with E-state index in [9.17, 15) is 9.59 Å². The van der Waals surface area contributed by atoms with Gasteiger partial charge in [0.25, 0.3) is 5.56 Å². The fourth-order valence-electron chi connectivity index (χ4n) is 4.49. The number of aromatic nitrogens is 2. The topological polar surface area (TPSA) is 61.2 Å². The minimum atomic E-state index is -0.245. The fourth-order valence-corrected chi connectivity index (χ4v) is 5.45. The third-order valence-corrected chi connectivity index (χ3v) is 7.22. The van der Waals surface area contributed by atoms with Crippen molar-refractivity contribution in [2.75, 3.05) is 7.11 Å². The first-order valence-electron chi connectivity index (χ1n) is 10.9. The number of carbonyl (C=O) groups is 1. The largest absolute Gasteiger partial charge is 0.495 e. The zero-order chi connectivity index (χ0) is 24.0. The smallest absolute Gasteiger partial charge is 0.265 e. The zero-order valence-electron chi connectivity index (χ0n) is 19.1. The quantitative estimate of drug-likeness (QED) is 0.330. The summed E-state index contributed by atoms with van der Waals surface area (Å²) < 4.78 is 7.22. The van der Waals surface area contributed by atoms with E-state index in [1.807, 2.05) is 53.9 Å². The molecule has 0 unspecified atom stereocenters. The number of carbonyl (C=O) groups excluding carboxylic acids is 1. The van der Waals surface area contributed by atoms with Crippen LogP contribution in [-0.4, -0.2) is 22.4 Å². The molecule has 172 valence electrons. The highest BCUT2D eigenvalue weighted by Crippen LogP contribution is 2.38. The lowest BCUT2D eigenvalue weighted by Crippen LogP contribution is -2.35. The van der Waals surface area contributed by atoms with E-state index in [4.69, 9.17) is 21.3 Å². The summed E-state index contributed by atoms with van der Waals surface area (Å²) in [5.74, 6) is 0.603. The predicted octanol–water partition coefficient (Wildman–Crippen LogP) is 6.45. The van der Waals surface area contributed by atoms with Crippen LogP contribution in [0.25, 0.3) is 27.5 Å². The van der Waals surface area contributed by atoms with Crippen LogP contribution in [0, 0.1) is 5.41 Å². The summed E-state index contributed by atoms with van der Waals surface area (Å²) in [5, 5.41) is 3.13. The molecule has 2 heterocycles. The van der Waals surface area contributed by atoms with E-state index in [1.165, 1.54) is 11.3 Å². The minimum absolute atomic E-state index is 0.0330. The summed E-state index contributed by atoms with van der Waals surface area (Å²) in [6.45, 7) is 4.11. The zero-order valence-corrected chi connectivity index (χ0v) is 20.7. The number of pyridine rings is 1. The molecule has 1 aliphatic carbocycles. The normalized spacial score (nSPS) is 14.6. The average molecular weight is 491 g/mol. The molecule has 0 atom stereocenters. The molecule has 0 amide bonds. The molecule has 0 bridgehead atoms. The second-order valence-electron chi connectivity index (χ2n) is 9.22. The molecule has 5 nitrogen and oxygen atoms in total. The van der Waals surface area contributed by atoms with E-state index in [-0.39, 0.29) is 16.8 Å². The van der Waals surface area contributed by atoms with Gasteiger partial charge in [0.05, 0.1) is 24.1 Å². The molecule has 0 fully saturated rings. The van der Waals surface area contributed by atoms with Gasteiger partial charge in [-0.2, -0.15) is 0 Å². The van der Waals surface area contributed by atoms with Crippen LogP contribution >= 0.6 is 22.9 Å². The molecular formula is C27H23ClN2O3S. The van der Waals surface area contributed by atoms with Crippen LogP contribution in [0.3, 0.4) is 0 Å². The summed E-state index contributed by atoms with van der Waals surface area (Å²) in [6, 6.07) is 16.5. The van der Waals surface area contributed by atoms with E-state index in [0.29, 0.717) is 51.1 Å². The average Bonchev–Trinajstić information content (AvgIpc) is 3.28. The van der Waals surface area contributed by atoms with Crippen LogP contribution < -0.4 is 10.3 Å². The van der Waals surface area contributed by atoms with Crippen molar-refractivity contribution in [3.63, 3.8) is 0 Å². The lowest BCUT2D eigenvalue weighted by molar-refractivity contribution is 0.0909. The number of rotatable bonds is 4. The molecule has 0 saturated carbocycles. The van der Waals surface area contributed by atoms with Gasteiger partial charge in [0.15, 0.2) is 5.78 Å². The summed E-state index contributed by atoms with van der Waals surface area (Å²) in [7, 11) is 1.58. The lowest BCUT2D eigenvalue weighted by Gasteiger charge is -2.32. The van der Waals surface area contributed by atoms with Crippen molar-refractivity contribution in [1.29, 1.82) is 0 Å². The van der Waals surface area contributed by atoms with Crippen molar-refractivity contribution < 1.29 is 9.53 Å². The number of para-hydroxylation sites is 2. The van der Waals surface area contributed by atoms with Gasteiger partial charge in [0.2, 0.25) is 0 Å². The Labute approximate surface area is 206 Å². The van der Waals surface area contributed by atoms with Crippen molar-refractivity contribution in [2.45, 2.75) is 26.7 Å². The highest BCUT2D eigenvalue weighted by Gasteiger charge is 2.35. The third kappa shape index (κ3) is 3.97. The van der Waals surface area contributed by atoms with Gasteiger partial charge in [0, 0.05) is 33.6 Å². The number of benzene rings is 2. The van der Waals surface area contributed by atoms with Gasteiger partial charge in [-0.05, 0) is 42.2 Å². The number of nitrogens with zero attached hydrogens (tertiary/aromatic N) is 2. The predicted molar refractivity (Wildman–Crippen MR) is 137 cm³/mol. The van der Waals surface area contributed by atoms with E-state index in [1.54, 1.807) is 17.7 Å². The van der Waals surface area contributed by atoms with Crippen molar-refractivity contribution in [1.82, 2.24) is 9.55 Å². The van der Waals surface area contributed by atoms with Crippen molar-refractivity contribution in [2.24, 2.45) is 5.41 Å². The van der Waals surface area contributed by atoms with E-state index in [0.717, 1.165) is 11.3 Å². The van der Waals surface area contributed by atoms with Gasteiger partial charge in [-0.1, -0.05) is 49.7 Å². The number of methoxy groups -OCH3 is 1. The van der Waals surface area contributed by atoms with Gasteiger partial charge in [0.1, 0.15) is 10.8 Å². The maximum atomic E-state index is 14.0. The third-order valence-electron chi connectivity index (χ3n) is 6.09. The van der Waals surface area contributed by atoms with Gasteiger partial charge in [-0.15, -0.1) is 11.3 Å². The Morgan fingerprint density at radius 1 is 1.03 bits per heavy atom. The standard InChI is InChI=1S/C27H23ClN2O3S/c1-27(2)13-22-18(23(31)14-27)12-19(26(32)30(22)21-6-4-5-7-24(21)33-3)25-29-20(15-34-25)16-8-10-17(28)11-9-16/h4-12,15H,13-14H2,1-3H3. The Hall–Kier alpha value is -3.22. The SMILES string of the molecule is COc1ccccc1-n1c2c(cc(-c3nc(-c4ccc(Cl)cc4)cs3)c1=O)C(=O)CC(C)(C)C2. The molecule has 0 aliphatic heterocycles. The van der Waals surface area contributed by atoms with E-state index >= 15 is 0 Å². The molecule has 2 aromatic carbocycles. The van der Waals surface area contributed by atoms with E-state index < -0.39 is 0 Å². The van der Waals surface area contributed by atoms with Crippen LogP contribution in [0.2, 0.25) is 5.02 Å². The molecular weight excluding hydrogens is 468 g/mol. The number of ketones is 1. The monoisotopic (exact) mass is 490 g/mol. The first-order valence-corrected chi connectivity index (χ1v) is 12.2. The maximum Gasteiger partial charge on any atom is 0.265 e. The number of fused-ring (bicyclic) bond motifs is 1. The van der Waals surface area contributed by atoms with Gasteiger partial charge in [-0.25, -0.2) is 4.98 Å². The first-order chi connectivity index (χ1) is 16.3. The Kier molecular flexibility index (Phi) is 5.66. The molecule has 2 aromatic heterocycles. The fraction of sp³-hybridized carbons (Fsp3) is 0.222. The summed E-state index contributed by atoms with van der Waals surface area (Å²) in [5.41, 5.74) is 3.52. The molecule has 0 radical (unpaired) electrons. The molecule has 0 spiro atoms. The first kappa shape index (κ1) is 22.6. The number of thiazole rings is 1. The molecule has 34 heavy (non-hydrogen) atoms. The van der Waals surface area contributed by atoms with Crippen LogP contribution in [0.15, 0.2) is 64.8 Å². The van der Waals surface area contributed by atoms with Gasteiger partial charge in [-0.3, -0.25) is 14.2 Å². The molecule has 5 rings (SSSR count). The number of halogens is 1. The molecule has 0 N–H and O–H groups in total. The van der Waals surface area contributed by atoms with Gasteiger partial charge >= 0.3 is 0 Å². The molecule has 7 heteroatoms. The number of hydrogen-bond donors (Lipinski definition) is 0. The maximum absolute atomic E-state index is 14.0. The second-order valence-corrected chi connectivity index (χ2v) is 10.5. The Morgan fingerprint density at radius 2 is 1.76 bits per heavy atom. The van der Waals surface area contributed by atoms with E-state index in [2.05, 4.69) is 13.8 Å². The highest BCUT2D eigenvalue weighted by atomic mass is 35.5. The summed E-state index contributed by atoms with van der Waals surface area (Å²) in [6.07, 6.45) is 1.03. The van der Waals surface area contributed by atoms with Crippen LogP contribution in [0.5, 0.6) is 5.75 Å². The molecule has 1 aliphatic rings. The minimum Gasteiger partial charge on any atom is -0.495 e. The lowest BCUT2D eigenvalue weighted by atomic mass is 9.75. The Balaban J connectivity index is 1.75. The van der Waals surface area contributed by atoms with Gasteiger partial charge < -0.3 is 4.74 Å². The molecule has 0 saturated heterocycles. The highest BCUT2D eigenvalue weighted by molar-refractivity contribution is 7.13. The van der Waals surface area contributed by atoms with Crippen molar-refractivity contribution in [3.8, 4) is 33.3 Å². The number of hydrogen-bond acceptors (Lipinski definition) is 5.